The zero-order chi connectivity index (χ0) is 20.8. The molecule has 0 spiro atoms. The average Bonchev–Trinajstić information content (AvgIpc) is 3.46. The van der Waals surface area contributed by atoms with Crippen molar-refractivity contribution in [2.75, 3.05) is 11.5 Å². The summed E-state index contributed by atoms with van der Waals surface area (Å²) in [4.78, 5) is 52.4. The average molecular weight is 403 g/mol. The van der Waals surface area contributed by atoms with Crippen LogP contribution in [0.4, 0.5) is 5.69 Å². The van der Waals surface area contributed by atoms with Crippen molar-refractivity contribution in [1.29, 1.82) is 0 Å². The number of para-hydroxylation sites is 1. The van der Waals surface area contributed by atoms with Crippen molar-refractivity contribution in [3.05, 3.63) is 65.7 Å². The molecule has 3 aliphatic rings. The SMILES string of the molecule is O=C(COC(=O)c1ccccc1N1C(=O)[C@H]2[C@H]3CC[C@@H](C3)[C@@H]2C1=O)c1ccccc1. The Labute approximate surface area is 173 Å². The molecule has 1 heterocycles. The quantitative estimate of drug-likeness (QED) is 0.435. The minimum atomic E-state index is -0.726. The second kappa shape index (κ2) is 7.20. The standard InChI is InChI=1S/C24H21NO5/c26-19(14-6-2-1-3-7-14)13-30-24(29)17-8-4-5-9-18(17)25-22(27)20-15-10-11-16(12-15)21(20)23(25)28/h1-9,15-16,20-21H,10-13H2/t15-,16-,20-,21-/m0/s1. The Morgan fingerprint density at radius 3 is 2.13 bits per heavy atom. The number of nitrogens with zero attached hydrogens (tertiary/aromatic N) is 1. The number of ketones is 1. The molecule has 2 amide bonds. The van der Waals surface area contributed by atoms with Gasteiger partial charge in [0.25, 0.3) is 0 Å². The molecule has 30 heavy (non-hydrogen) atoms. The first-order valence-electron chi connectivity index (χ1n) is 10.3. The summed E-state index contributed by atoms with van der Waals surface area (Å²) in [5, 5.41) is 0. The molecule has 2 aromatic rings. The van der Waals surface area contributed by atoms with Crippen LogP contribution in [-0.2, 0) is 14.3 Å². The normalized spacial score (nSPS) is 26.7. The highest BCUT2D eigenvalue weighted by Crippen LogP contribution is 2.56. The smallest absolute Gasteiger partial charge is 0.340 e. The molecule has 6 heteroatoms. The Balaban J connectivity index is 1.37. The number of esters is 1. The molecule has 0 aromatic heterocycles. The lowest BCUT2D eigenvalue weighted by Gasteiger charge is -2.19. The van der Waals surface area contributed by atoms with Gasteiger partial charge < -0.3 is 4.74 Å². The minimum absolute atomic E-state index is 0.118. The number of benzene rings is 2. The van der Waals surface area contributed by atoms with E-state index in [4.69, 9.17) is 4.74 Å². The van der Waals surface area contributed by atoms with E-state index in [0.29, 0.717) is 5.56 Å². The van der Waals surface area contributed by atoms with E-state index < -0.39 is 12.6 Å². The number of anilines is 1. The van der Waals surface area contributed by atoms with Crippen LogP contribution >= 0.6 is 0 Å². The van der Waals surface area contributed by atoms with Gasteiger partial charge in [-0.25, -0.2) is 9.69 Å². The van der Waals surface area contributed by atoms with Gasteiger partial charge in [0.15, 0.2) is 12.4 Å². The maximum Gasteiger partial charge on any atom is 0.340 e. The van der Waals surface area contributed by atoms with Gasteiger partial charge in [-0.05, 0) is 43.2 Å². The molecule has 1 saturated heterocycles. The molecule has 3 fully saturated rings. The summed E-state index contributed by atoms with van der Waals surface area (Å²) in [6.07, 6.45) is 2.93. The molecule has 0 N–H and O–H groups in total. The van der Waals surface area contributed by atoms with Crippen LogP contribution in [0.25, 0.3) is 0 Å². The number of carbonyl (C=O) groups is 4. The van der Waals surface area contributed by atoms with Crippen LogP contribution in [0.2, 0.25) is 0 Å². The number of fused-ring (bicyclic) bond motifs is 5. The first-order chi connectivity index (χ1) is 14.6. The number of carbonyl (C=O) groups excluding carboxylic acids is 4. The van der Waals surface area contributed by atoms with Crippen molar-refractivity contribution < 1.29 is 23.9 Å². The summed E-state index contributed by atoms with van der Waals surface area (Å²) in [6, 6.07) is 15.0. The number of hydrogen-bond acceptors (Lipinski definition) is 5. The van der Waals surface area contributed by atoms with Crippen molar-refractivity contribution in [3.63, 3.8) is 0 Å². The number of amides is 2. The molecular formula is C24H21NO5. The minimum Gasteiger partial charge on any atom is -0.454 e. The van der Waals surface area contributed by atoms with Gasteiger partial charge in [-0.1, -0.05) is 42.5 Å². The third-order valence-electron chi connectivity index (χ3n) is 6.72. The van der Waals surface area contributed by atoms with Crippen molar-refractivity contribution in [1.82, 2.24) is 0 Å². The van der Waals surface area contributed by atoms with Crippen LogP contribution in [-0.4, -0.2) is 30.2 Å². The highest BCUT2D eigenvalue weighted by Gasteiger charge is 2.61. The fraction of sp³-hybridized carbons (Fsp3) is 0.333. The van der Waals surface area contributed by atoms with Crippen LogP contribution in [0.3, 0.4) is 0 Å². The summed E-state index contributed by atoms with van der Waals surface area (Å²) >= 11 is 0. The molecule has 4 atom stereocenters. The molecule has 0 radical (unpaired) electrons. The number of imide groups is 1. The molecule has 2 aromatic carbocycles. The fourth-order valence-electron chi connectivity index (χ4n) is 5.40. The van der Waals surface area contributed by atoms with E-state index in [1.165, 1.54) is 11.0 Å². The Hall–Kier alpha value is -3.28. The van der Waals surface area contributed by atoms with Crippen molar-refractivity contribution >= 4 is 29.3 Å². The first-order valence-corrected chi connectivity index (χ1v) is 10.3. The molecule has 2 bridgehead atoms. The zero-order valence-corrected chi connectivity index (χ0v) is 16.3. The lowest BCUT2D eigenvalue weighted by Crippen LogP contribution is -2.34. The number of hydrogen-bond donors (Lipinski definition) is 0. The van der Waals surface area contributed by atoms with Crippen LogP contribution < -0.4 is 4.90 Å². The van der Waals surface area contributed by atoms with Gasteiger partial charge >= 0.3 is 5.97 Å². The highest BCUT2D eigenvalue weighted by atomic mass is 16.5. The molecule has 1 aliphatic heterocycles. The van der Waals surface area contributed by atoms with Gasteiger partial charge in [-0.3, -0.25) is 14.4 Å². The third kappa shape index (κ3) is 2.86. The molecule has 152 valence electrons. The largest absolute Gasteiger partial charge is 0.454 e. The van der Waals surface area contributed by atoms with Crippen molar-refractivity contribution in [2.24, 2.45) is 23.7 Å². The topological polar surface area (TPSA) is 80.8 Å². The van der Waals surface area contributed by atoms with E-state index in [0.717, 1.165) is 19.3 Å². The summed E-state index contributed by atoms with van der Waals surface area (Å²) in [6.45, 7) is -0.408. The van der Waals surface area contributed by atoms with Gasteiger partial charge in [-0.2, -0.15) is 0 Å². The summed E-state index contributed by atoms with van der Waals surface area (Å²) in [5.41, 5.74) is 0.817. The molecule has 5 rings (SSSR count). The van der Waals surface area contributed by atoms with Crippen LogP contribution in [0.5, 0.6) is 0 Å². The van der Waals surface area contributed by atoms with Crippen molar-refractivity contribution in [3.8, 4) is 0 Å². The Morgan fingerprint density at radius 2 is 1.47 bits per heavy atom. The van der Waals surface area contributed by atoms with E-state index in [1.54, 1.807) is 48.5 Å². The summed E-state index contributed by atoms with van der Waals surface area (Å²) < 4.78 is 5.23. The highest BCUT2D eigenvalue weighted by molar-refractivity contribution is 6.24. The molecule has 6 nitrogen and oxygen atoms in total. The van der Waals surface area contributed by atoms with E-state index in [1.807, 2.05) is 0 Å². The Kier molecular flexibility index (Phi) is 4.50. The second-order valence-corrected chi connectivity index (χ2v) is 8.28. The number of ether oxygens (including phenoxy) is 1. The van der Waals surface area contributed by atoms with E-state index >= 15 is 0 Å². The fourth-order valence-corrected chi connectivity index (χ4v) is 5.40. The monoisotopic (exact) mass is 403 g/mol. The maximum atomic E-state index is 13.1. The van der Waals surface area contributed by atoms with Gasteiger partial charge in [0.2, 0.25) is 11.8 Å². The predicted molar refractivity (Wildman–Crippen MR) is 108 cm³/mol. The van der Waals surface area contributed by atoms with E-state index in [9.17, 15) is 19.2 Å². The van der Waals surface area contributed by atoms with E-state index in [2.05, 4.69) is 0 Å². The summed E-state index contributed by atoms with van der Waals surface area (Å²) in [7, 11) is 0. The lowest BCUT2D eigenvalue weighted by atomic mass is 9.81. The van der Waals surface area contributed by atoms with E-state index in [-0.39, 0.29) is 52.5 Å². The maximum absolute atomic E-state index is 13.1. The number of Topliss-reactive ketones (excluding diaryl/α,β-unsaturated/α-hetero) is 1. The van der Waals surface area contributed by atoms with Gasteiger partial charge in [0, 0.05) is 5.56 Å². The van der Waals surface area contributed by atoms with Gasteiger partial charge in [0.1, 0.15) is 0 Å². The third-order valence-corrected chi connectivity index (χ3v) is 6.72. The first kappa shape index (κ1) is 18.7. The van der Waals surface area contributed by atoms with Crippen LogP contribution in [0.15, 0.2) is 54.6 Å². The molecular weight excluding hydrogens is 382 g/mol. The second-order valence-electron chi connectivity index (χ2n) is 8.28. The van der Waals surface area contributed by atoms with Gasteiger partial charge in [0.05, 0.1) is 23.1 Å². The van der Waals surface area contributed by atoms with Crippen molar-refractivity contribution in [2.45, 2.75) is 19.3 Å². The number of rotatable bonds is 5. The lowest BCUT2D eigenvalue weighted by molar-refractivity contribution is -0.123. The Bertz CT molecular complexity index is 1020. The summed E-state index contributed by atoms with van der Waals surface area (Å²) in [5.74, 6) is -1.46. The van der Waals surface area contributed by atoms with Crippen LogP contribution in [0.1, 0.15) is 40.0 Å². The zero-order valence-electron chi connectivity index (χ0n) is 16.3. The molecule has 2 saturated carbocycles. The molecule has 0 unspecified atom stereocenters. The van der Waals surface area contributed by atoms with Crippen LogP contribution in [0, 0.1) is 23.7 Å². The Morgan fingerprint density at radius 1 is 0.867 bits per heavy atom. The predicted octanol–water partition coefficient (Wildman–Crippen LogP) is 3.26. The van der Waals surface area contributed by atoms with Gasteiger partial charge in [-0.15, -0.1) is 0 Å². The molecule has 2 aliphatic carbocycles.